The molecular formula is C13H19F2NO. The van der Waals surface area contributed by atoms with Gasteiger partial charge in [-0.3, -0.25) is 0 Å². The number of alkyl halides is 2. The summed E-state index contributed by atoms with van der Waals surface area (Å²) in [6.45, 7) is 4.59. The maximum Gasteiger partial charge on any atom is 0.267 e. The van der Waals surface area contributed by atoms with Crippen LogP contribution in [0.25, 0.3) is 0 Å². The van der Waals surface area contributed by atoms with Crippen molar-refractivity contribution in [3.63, 3.8) is 0 Å². The first-order valence-electron chi connectivity index (χ1n) is 5.85. The van der Waals surface area contributed by atoms with Crippen molar-refractivity contribution in [2.24, 2.45) is 5.92 Å². The third-order valence-electron chi connectivity index (χ3n) is 2.57. The molecule has 1 aromatic carbocycles. The average molecular weight is 243 g/mol. The molecule has 17 heavy (non-hydrogen) atoms. The van der Waals surface area contributed by atoms with Crippen LogP contribution in [0.5, 0.6) is 5.75 Å². The van der Waals surface area contributed by atoms with Gasteiger partial charge in [0.2, 0.25) is 0 Å². The number of rotatable bonds is 6. The van der Waals surface area contributed by atoms with Crippen molar-refractivity contribution in [2.75, 3.05) is 12.3 Å². The van der Waals surface area contributed by atoms with Crippen molar-refractivity contribution in [3.8, 4) is 5.75 Å². The predicted molar refractivity (Wildman–Crippen MR) is 65.4 cm³/mol. The van der Waals surface area contributed by atoms with E-state index in [1.54, 1.807) is 6.07 Å². The van der Waals surface area contributed by atoms with E-state index >= 15 is 0 Å². The van der Waals surface area contributed by atoms with Crippen molar-refractivity contribution in [1.82, 2.24) is 0 Å². The molecule has 0 spiro atoms. The van der Waals surface area contributed by atoms with Crippen LogP contribution in [0.4, 0.5) is 14.5 Å². The van der Waals surface area contributed by atoms with E-state index in [0.717, 1.165) is 12.8 Å². The number of benzene rings is 1. The molecule has 96 valence electrons. The molecule has 0 aliphatic carbocycles. The summed E-state index contributed by atoms with van der Waals surface area (Å²) in [5.74, 6) is 0.597. The third kappa shape index (κ3) is 4.21. The summed E-state index contributed by atoms with van der Waals surface area (Å²) < 4.78 is 30.9. The van der Waals surface area contributed by atoms with Gasteiger partial charge in [0.15, 0.2) is 0 Å². The number of hydrogen-bond acceptors (Lipinski definition) is 2. The highest BCUT2D eigenvalue weighted by atomic mass is 19.3. The second-order valence-electron chi connectivity index (χ2n) is 4.30. The summed E-state index contributed by atoms with van der Waals surface area (Å²) in [5.41, 5.74) is 5.68. The molecule has 1 rings (SSSR count). The van der Waals surface area contributed by atoms with Gasteiger partial charge in [-0.1, -0.05) is 20.3 Å². The van der Waals surface area contributed by atoms with Crippen molar-refractivity contribution in [1.29, 1.82) is 0 Å². The van der Waals surface area contributed by atoms with E-state index in [9.17, 15) is 8.78 Å². The van der Waals surface area contributed by atoms with E-state index in [-0.39, 0.29) is 11.3 Å². The largest absolute Gasteiger partial charge is 0.493 e. The molecule has 0 aromatic heterocycles. The Labute approximate surface area is 101 Å². The molecule has 0 aliphatic heterocycles. The lowest BCUT2D eigenvalue weighted by atomic mass is 10.1. The lowest BCUT2D eigenvalue weighted by molar-refractivity contribution is 0.143. The molecule has 0 bridgehead atoms. The van der Waals surface area contributed by atoms with Crippen LogP contribution in [0.1, 0.15) is 38.7 Å². The van der Waals surface area contributed by atoms with Gasteiger partial charge in [-0.25, -0.2) is 8.78 Å². The monoisotopic (exact) mass is 243 g/mol. The Morgan fingerprint density at radius 1 is 1.35 bits per heavy atom. The van der Waals surface area contributed by atoms with E-state index < -0.39 is 6.43 Å². The number of hydrogen-bond donors (Lipinski definition) is 1. The Kier molecular flexibility index (Phi) is 5.19. The second-order valence-corrected chi connectivity index (χ2v) is 4.30. The number of anilines is 1. The number of halogens is 2. The molecule has 0 saturated heterocycles. The maximum atomic E-state index is 12.7. The molecule has 0 heterocycles. The molecule has 1 unspecified atom stereocenters. The van der Waals surface area contributed by atoms with Crippen molar-refractivity contribution in [2.45, 2.75) is 33.1 Å². The van der Waals surface area contributed by atoms with E-state index in [1.165, 1.54) is 12.1 Å². The predicted octanol–water partition coefficient (Wildman–Crippen LogP) is 4.02. The van der Waals surface area contributed by atoms with Crippen LogP contribution in [0, 0.1) is 5.92 Å². The first-order valence-corrected chi connectivity index (χ1v) is 5.85. The van der Waals surface area contributed by atoms with Gasteiger partial charge in [-0.15, -0.1) is 0 Å². The minimum Gasteiger partial charge on any atom is -0.493 e. The number of nitrogens with two attached hydrogens (primary N) is 1. The maximum absolute atomic E-state index is 12.7. The first kappa shape index (κ1) is 13.7. The van der Waals surface area contributed by atoms with Crippen LogP contribution in [0.3, 0.4) is 0 Å². The lowest BCUT2D eigenvalue weighted by Gasteiger charge is -2.15. The molecule has 0 radical (unpaired) electrons. The average Bonchev–Trinajstić information content (AvgIpc) is 2.27. The summed E-state index contributed by atoms with van der Waals surface area (Å²) >= 11 is 0. The molecule has 1 aromatic rings. The van der Waals surface area contributed by atoms with Gasteiger partial charge in [0, 0.05) is 5.69 Å². The van der Waals surface area contributed by atoms with Crippen LogP contribution >= 0.6 is 0 Å². The van der Waals surface area contributed by atoms with Crippen LogP contribution in [0.15, 0.2) is 18.2 Å². The van der Waals surface area contributed by atoms with E-state index in [1.807, 2.05) is 6.92 Å². The minimum atomic E-state index is -2.56. The Balaban J connectivity index is 2.70. The van der Waals surface area contributed by atoms with E-state index in [0.29, 0.717) is 18.2 Å². The topological polar surface area (TPSA) is 35.2 Å². The molecule has 0 fully saturated rings. The van der Waals surface area contributed by atoms with E-state index in [4.69, 9.17) is 10.5 Å². The van der Waals surface area contributed by atoms with Crippen LogP contribution < -0.4 is 10.5 Å². The first-order chi connectivity index (χ1) is 8.04. The van der Waals surface area contributed by atoms with Crippen LogP contribution in [0.2, 0.25) is 0 Å². The second kappa shape index (κ2) is 6.42. The lowest BCUT2D eigenvalue weighted by Crippen LogP contribution is -2.09. The van der Waals surface area contributed by atoms with E-state index in [2.05, 4.69) is 6.92 Å². The Hall–Kier alpha value is -1.32. The zero-order valence-electron chi connectivity index (χ0n) is 10.2. The summed E-state index contributed by atoms with van der Waals surface area (Å²) in [5, 5.41) is 0. The standard InChI is InChI=1S/C13H19F2NO/c1-3-4-9(2)8-17-12-6-5-10(16)7-11(12)13(14)15/h5-7,9,13H,3-4,8,16H2,1-2H3. The SMILES string of the molecule is CCCC(C)COc1ccc(N)cc1C(F)F. The highest BCUT2D eigenvalue weighted by Gasteiger charge is 2.15. The zero-order chi connectivity index (χ0) is 12.8. The molecule has 0 aliphatic rings. The summed E-state index contributed by atoms with van der Waals surface area (Å²) in [6.07, 6.45) is -0.470. The fourth-order valence-electron chi connectivity index (χ4n) is 1.68. The molecule has 4 heteroatoms. The van der Waals surface area contributed by atoms with Crippen LogP contribution in [-0.4, -0.2) is 6.61 Å². The fourth-order valence-corrected chi connectivity index (χ4v) is 1.68. The van der Waals surface area contributed by atoms with Crippen molar-refractivity contribution in [3.05, 3.63) is 23.8 Å². The number of ether oxygens (including phenoxy) is 1. The molecule has 2 nitrogen and oxygen atoms in total. The smallest absolute Gasteiger partial charge is 0.267 e. The highest BCUT2D eigenvalue weighted by molar-refractivity contribution is 5.48. The molecule has 0 amide bonds. The summed E-state index contributed by atoms with van der Waals surface area (Å²) in [4.78, 5) is 0. The van der Waals surface area contributed by atoms with Gasteiger partial charge in [-0.05, 0) is 30.5 Å². The van der Waals surface area contributed by atoms with Crippen molar-refractivity contribution >= 4 is 5.69 Å². The Morgan fingerprint density at radius 3 is 2.65 bits per heavy atom. The number of nitrogen functional groups attached to an aromatic ring is 1. The molecule has 1 atom stereocenters. The van der Waals surface area contributed by atoms with Gasteiger partial charge in [0.25, 0.3) is 6.43 Å². The molecule has 0 saturated carbocycles. The normalized spacial score (nSPS) is 12.8. The van der Waals surface area contributed by atoms with Gasteiger partial charge in [-0.2, -0.15) is 0 Å². The highest BCUT2D eigenvalue weighted by Crippen LogP contribution is 2.31. The summed E-state index contributed by atoms with van der Waals surface area (Å²) in [7, 11) is 0. The van der Waals surface area contributed by atoms with Gasteiger partial charge >= 0.3 is 0 Å². The quantitative estimate of drug-likeness (QED) is 0.766. The Morgan fingerprint density at radius 2 is 2.06 bits per heavy atom. The molecular weight excluding hydrogens is 224 g/mol. The van der Waals surface area contributed by atoms with Gasteiger partial charge in [0.05, 0.1) is 12.2 Å². The van der Waals surface area contributed by atoms with Crippen molar-refractivity contribution < 1.29 is 13.5 Å². The fraction of sp³-hybridized carbons (Fsp3) is 0.538. The third-order valence-corrected chi connectivity index (χ3v) is 2.57. The van der Waals surface area contributed by atoms with Gasteiger partial charge < -0.3 is 10.5 Å². The molecule has 2 N–H and O–H groups in total. The van der Waals surface area contributed by atoms with Crippen LogP contribution in [-0.2, 0) is 0 Å². The minimum absolute atomic E-state index is 0.131. The zero-order valence-corrected chi connectivity index (χ0v) is 10.2. The Bertz CT molecular complexity index is 355. The van der Waals surface area contributed by atoms with Gasteiger partial charge in [0.1, 0.15) is 5.75 Å². The summed E-state index contributed by atoms with van der Waals surface area (Å²) in [6, 6.07) is 4.35.